The molecule has 1 rings (SSSR count). The number of benzene rings is 1. The van der Waals surface area contributed by atoms with Crippen LogP contribution < -0.4 is 15.4 Å². The summed E-state index contributed by atoms with van der Waals surface area (Å²) in [7, 11) is 1.55. The lowest BCUT2D eigenvalue weighted by Gasteiger charge is -2.11. The van der Waals surface area contributed by atoms with Crippen molar-refractivity contribution in [2.45, 2.75) is 6.92 Å². The van der Waals surface area contributed by atoms with Crippen molar-refractivity contribution >= 4 is 17.3 Å². The van der Waals surface area contributed by atoms with Crippen molar-refractivity contribution in [2.24, 2.45) is 0 Å². The van der Waals surface area contributed by atoms with Crippen molar-refractivity contribution in [3.8, 4) is 18.1 Å². The summed E-state index contributed by atoms with van der Waals surface area (Å²) in [4.78, 5) is 10.9. The number of terminal acetylenes is 1. The van der Waals surface area contributed by atoms with Gasteiger partial charge < -0.3 is 15.4 Å². The van der Waals surface area contributed by atoms with Gasteiger partial charge in [-0.25, -0.2) is 0 Å². The normalized spacial score (nSPS) is 9.06. The van der Waals surface area contributed by atoms with Gasteiger partial charge in [-0.1, -0.05) is 5.92 Å². The van der Waals surface area contributed by atoms with E-state index in [1.807, 2.05) is 6.07 Å². The SMILES string of the molecule is C#CCNc1ccc(NC(C)=O)c(OC)c1. The van der Waals surface area contributed by atoms with Crippen LogP contribution in [-0.4, -0.2) is 19.6 Å². The molecule has 2 N–H and O–H groups in total. The molecule has 0 fully saturated rings. The van der Waals surface area contributed by atoms with Crippen LogP contribution in [0.1, 0.15) is 6.92 Å². The zero-order valence-electron chi connectivity index (χ0n) is 9.33. The van der Waals surface area contributed by atoms with Gasteiger partial charge in [0.1, 0.15) is 5.75 Å². The quantitative estimate of drug-likeness (QED) is 0.756. The molecule has 0 radical (unpaired) electrons. The third-order valence-electron chi connectivity index (χ3n) is 1.91. The van der Waals surface area contributed by atoms with Crippen LogP contribution in [-0.2, 0) is 4.79 Å². The molecule has 1 aromatic rings. The Kier molecular flexibility index (Phi) is 4.22. The van der Waals surface area contributed by atoms with Gasteiger partial charge in [-0.05, 0) is 12.1 Å². The molecule has 1 aromatic carbocycles. The number of carbonyl (C=O) groups is 1. The molecule has 0 aliphatic rings. The van der Waals surface area contributed by atoms with Crippen LogP contribution in [0.3, 0.4) is 0 Å². The minimum absolute atomic E-state index is 0.136. The highest BCUT2D eigenvalue weighted by Gasteiger charge is 2.05. The first-order valence-electron chi connectivity index (χ1n) is 4.80. The molecule has 0 aromatic heterocycles. The average molecular weight is 218 g/mol. The number of methoxy groups -OCH3 is 1. The van der Waals surface area contributed by atoms with Crippen LogP contribution in [0.5, 0.6) is 5.75 Å². The van der Waals surface area contributed by atoms with E-state index in [0.29, 0.717) is 18.0 Å². The minimum atomic E-state index is -0.136. The first kappa shape index (κ1) is 11.9. The predicted molar refractivity (Wildman–Crippen MR) is 64.6 cm³/mol. The van der Waals surface area contributed by atoms with Crippen LogP contribution >= 0.6 is 0 Å². The first-order valence-corrected chi connectivity index (χ1v) is 4.80. The number of carbonyl (C=O) groups excluding carboxylic acids is 1. The van der Waals surface area contributed by atoms with Crippen molar-refractivity contribution < 1.29 is 9.53 Å². The van der Waals surface area contributed by atoms with Gasteiger partial charge >= 0.3 is 0 Å². The minimum Gasteiger partial charge on any atom is -0.494 e. The van der Waals surface area contributed by atoms with Gasteiger partial charge in [0.25, 0.3) is 0 Å². The summed E-state index contributed by atoms with van der Waals surface area (Å²) in [5.74, 6) is 2.94. The summed E-state index contributed by atoms with van der Waals surface area (Å²) < 4.78 is 5.16. The number of nitrogens with one attached hydrogen (secondary N) is 2. The molecule has 0 aliphatic heterocycles. The lowest BCUT2D eigenvalue weighted by molar-refractivity contribution is -0.114. The molecule has 4 nitrogen and oxygen atoms in total. The van der Waals surface area contributed by atoms with Crippen LogP contribution in [0.25, 0.3) is 0 Å². The van der Waals surface area contributed by atoms with E-state index in [9.17, 15) is 4.79 Å². The van der Waals surface area contributed by atoms with E-state index in [-0.39, 0.29) is 5.91 Å². The summed E-state index contributed by atoms with van der Waals surface area (Å²) in [6.45, 7) is 1.90. The third kappa shape index (κ3) is 3.21. The Balaban J connectivity index is 2.89. The average Bonchev–Trinajstić information content (AvgIpc) is 2.27. The molecule has 84 valence electrons. The van der Waals surface area contributed by atoms with Crippen LogP contribution in [0, 0.1) is 12.3 Å². The second-order valence-corrected chi connectivity index (χ2v) is 3.15. The van der Waals surface area contributed by atoms with Gasteiger partial charge in [-0.15, -0.1) is 6.42 Å². The molecule has 1 amide bonds. The first-order chi connectivity index (χ1) is 7.67. The summed E-state index contributed by atoms with van der Waals surface area (Å²) in [6, 6.07) is 5.37. The summed E-state index contributed by atoms with van der Waals surface area (Å²) in [6.07, 6.45) is 5.14. The van der Waals surface area contributed by atoms with Gasteiger partial charge in [0.2, 0.25) is 5.91 Å². The number of rotatable bonds is 4. The van der Waals surface area contributed by atoms with Crippen LogP contribution in [0.4, 0.5) is 11.4 Å². The number of ether oxygens (including phenoxy) is 1. The number of hydrogen-bond acceptors (Lipinski definition) is 3. The lowest BCUT2D eigenvalue weighted by Crippen LogP contribution is -2.07. The summed E-state index contributed by atoms with van der Waals surface area (Å²) >= 11 is 0. The molecule has 0 bridgehead atoms. The molecule has 0 saturated heterocycles. The lowest BCUT2D eigenvalue weighted by atomic mass is 10.2. The maximum Gasteiger partial charge on any atom is 0.221 e. The van der Waals surface area contributed by atoms with Gasteiger partial charge in [0, 0.05) is 18.7 Å². The smallest absolute Gasteiger partial charge is 0.221 e. The highest BCUT2D eigenvalue weighted by Crippen LogP contribution is 2.27. The molecule has 4 heteroatoms. The molecule has 16 heavy (non-hydrogen) atoms. The fourth-order valence-electron chi connectivity index (χ4n) is 1.25. The Morgan fingerprint density at radius 2 is 2.31 bits per heavy atom. The van der Waals surface area contributed by atoms with Gasteiger partial charge in [-0.2, -0.15) is 0 Å². The highest BCUT2D eigenvalue weighted by molar-refractivity contribution is 5.90. The zero-order chi connectivity index (χ0) is 12.0. The second kappa shape index (κ2) is 5.66. The topological polar surface area (TPSA) is 50.4 Å². The van der Waals surface area contributed by atoms with Gasteiger partial charge in [-0.3, -0.25) is 4.79 Å². The van der Waals surface area contributed by atoms with E-state index in [1.165, 1.54) is 6.92 Å². The molecular weight excluding hydrogens is 204 g/mol. The molecule has 0 spiro atoms. The zero-order valence-corrected chi connectivity index (χ0v) is 9.33. The maximum absolute atomic E-state index is 10.9. The van der Waals surface area contributed by atoms with Crippen LogP contribution in [0.15, 0.2) is 18.2 Å². The monoisotopic (exact) mass is 218 g/mol. The fraction of sp³-hybridized carbons (Fsp3) is 0.250. The number of anilines is 2. The predicted octanol–water partition coefficient (Wildman–Crippen LogP) is 1.70. The molecule has 0 saturated carbocycles. The Morgan fingerprint density at radius 3 is 2.88 bits per heavy atom. The summed E-state index contributed by atoms with van der Waals surface area (Å²) in [5, 5.41) is 5.70. The fourth-order valence-corrected chi connectivity index (χ4v) is 1.25. The Hall–Kier alpha value is -2.15. The number of hydrogen-bond donors (Lipinski definition) is 2. The van der Waals surface area contributed by atoms with E-state index < -0.39 is 0 Å². The van der Waals surface area contributed by atoms with Crippen molar-refractivity contribution in [2.75, 3.05) is 24.3 Å². The van der Waals surface area contributed by atoms with Gasteiger partial charge in [0.15, 0.2) is 0 Å². The Morgan fingerprint density at radius 1 is 1.56 bits per heavy atom. The highest BCUT2D eigenvalue weighted by atomic mass is 16.5. The third-order valence-corrected chi connectivity index (χ3v) is 1.91. The largest absolute Gasteiger partial charge is 0.494 e. The van der Waals surface area contributed by atoms with Crippen molar-refractivity contribution in [3.05, 3.63) is 18.2 Å². The van der Waals surface area contributed by atoms with Crippen molar-refractivity contribution in [1.82, 2.24) is 0 Å². The number of amides is 1. The van der Waals surface area contributed by atoms with Crippen molar-refractivity contribution in [1.29, 1.82) is 0 Å². The Bertz CT molecular complexity index is 422. The molecule has 0 atom stereocenters. The van der Waals surface area contributed by atoms with Crippen molar-refractivity contribution in [3.63, 3.8) is 0 Å². The van der Waals surface area contributed by atoms with E-state index in [1.54, 1.807) is 19.2 Å². The Labute approximate surface area is 95.0 Å². The van der Waals surface area contributed by atoms with Gasteiger partial charge in [0.05, 0.1) is 19.3 Å². The molecule has 0 unspecified atom stereocenters. The molecule has 0 heterocycles. The molecule has 0 aliphatic carbocycles. The molecular formula is C12H14N2O2. The maximum atomic E-state index is 10.9. The van der Waals surface area contributed by atoms with Crippen LogP contribution in [0.2, 0.25) is 0 Å². The summed E-state index contributed by atoms with van der Waals surface area (Å²) in [5.41, 5.74) is 1.49. The second-order valence-electron chi connectivity index (χ2n) is 3.15. The van der Waals surface area contributed by atoms with E-state index >= 15 is 0 Å². The standard InChI is InChI=1S/C12H14N2O2/c1-4-7-13-10-5-6-11(14-9(2)15)12(8-10)16-3/h1,5-6,8,13H,7H2,2-3H3,(H,14,15). The van der Waals surface area contributed by atoms with E-state index in [0.717, 1.165) is 5.69 Å². The van der Waals surface area contributed by atoms with E-state index in [4.69, 9.17) is 11.2 Å². The van der Waals surface area contributed by atoms with E-state index in [2.05, 4.69) is 16.6 Å².